The van der Waals surface area contributed by atoms with Crippen molar-refractivity contribution in [1.82, 2.24) is 25.4 Å². The number of amides is 1. The zero-order valence-electron chi connectivity index (χ0n) is 17.0. The Morgan fingerprint density at radius 1 is 1.00 bits per heavy atom. The van der Waals surface area contributed by atoms with Gasteiger partial charge in [0.1, 0.15) is 0 Å². The second-order valence-corrected chi connectivity index (χ2v) is 7.38. The van der Waals surface area contributed by atoms with Crippen LogP contribution in [-0.4, -0.2) is 65.4 Å². The minimum absolute atomic E-state index is 0.155. The molecule has 3 aromatic heterocycles. The number of anilines is 2. The number of carbonyl (C=O) groups excluding carboxylic acids is 1. The van der Waals surface area contributed by atoms with Crippen molar-refractivity contribution in [1.29, 1.82) is 0 Å². The molecule has 11 heteroatoms. The third kappa shape index (κ3) is 4.36. The molecule has 11 nitrogen and oxygen atoms in total. The molecule has 0 atom stereocenters. The maximum Gasteiger partial charge on any atom is 0.273 e. The highest BCUT2D eigenvalue weighted by Gasteiger charge is 2.22. The lowest BCUT2D eigenvalue weighted by Gasteiger charge is -2.28. The molecule has 31 heavy (non-hydrogen) atoms. The number of nitrogens with one attached hydrogen (secondary N) is 1. The molecule has 0 radical (unpaired) electrons. The molecule has 5 heterocycles. The van der Waals surface area contributed by atoms with Crippen LogP contribution in [-0.2, 0) is 11.3 Å². The van der Waals surface area contributed by atoms with Crippen molar-refractivity contribution in [2.75, 3.05) is 49.2 Å². The van der Waals surface area contributed by atoms with Gasteiger partial charge in [-0.3, -0.25) is 4.79 Å². The molecule has 162 valence electrons. The number of rotatable bonds is 6. The summed E-state index contributed by atoms with van der Waals surface area (Å²) in [6.45, 7) is 4.73. The van der Waals surface area contributed by atoms with Crippen molar-refractivity contribution in [3.05, 3.63) is 36.0 Å². The predicted octanol–water partition coefficient (Wildman–Crippen LogP) is 1.49. The molecule has 5 rings (SSSR count). The molecule has 2 aliphatic heterocycles. The van der Waals surface area contributed by atoms with Crippen molar-refractivity contribution in [3.63, 3.8) is 0 Å². The fraction of sp³-hybridized carbons (Fsp3) is 0.450. The second kappa shape index (κ2) is 8.72. The lowest BCUT2D eigenvalue weighted by molar-refractivity contribution is 0.0941. The van der Waals surface area contributed by atoms with Gasteiger partial charge in [-0.15, -0.1) is 0 Å². The molecule has 0 aliphatic carbocycles. The summed E-state index contributed by atoms with van der Waals surface area (Å²) >= 11 is 0. The summed E-state index contributed by atoms with van der Waals surface area (Å²) in [6.07, 6.45) is 3.77. The van der Waals surface area contributed by atoms with Crippen LogP contribution >= 0.6 is 0 Å². The third-order valence-electron chi connectivity index (χ3n) is 5.25. The van der Waals surface area contributed by atoms with Gasteiger partial charge in [-0.2, -0.15) is 15.0 Å². The number of hydrogen-bond donors (Lipinski definition) is 1. The summed E-state index contributed by atoms with van der Waals surface area (Å²) < 4.78 is 15.9. The quantitative estimate of drug-likeness (QED) is 0.621. The SMILES string of the molecule is O=C(NCc1nc(N2CCCC2)nc(N2CCOCC2)n1)c1cc(-c2ccco2)on1. The number of carbonyl (C=O) groups is 1. The summed E-state index contributed by atoms with van der Waals surface area (Å²) in [7, 11) is 0. The van der Waals surface area contributed by atoms with E-state index in [0.29, 0.717) is 42.5 Å². The number of morpholine rings is 1. The maximum absolute atomic E-state index is 12.6. The van der Waals surface area contributed by atoms with Gasteiger partial charge in [0, 0.05) is 32.2 Å². The first-order chi connectivity index (χ1) is 15.3. The topological polar surface area (TPSA) is 123 Å². The van der Waals surface area contributed by atoms with Crippen LogP contribution in [0.2, 0.25) is 0 Å². The average molecular weight is 425 g/mol. The van der Waals surface area contributed by atoms with Crippen LogP contribution in [0.25, 0.3) is 11.5 Å². The fourth-order valence-corrected chi connectivity index (χ4v) is 3.60. The molecule has 2 aliphatic rings. The summed E-state index contributed by atoms with van der Waals surface area (Å²) in [6, 6.07) is 5.01. The molecule has 2 saturated heterocycles. The second-order valence-electron chi connectivity index (χ2n) is 7.38. The fourth-order valence-electron chi connectivity index (χ4n) is 3.60. The number of nitrogens with zero attached hydrogens (tertiary/aromatic N) is 6. The van der Waals surface area contributed by atoms with Crippen molar-refractivity contribution in [3.8, 4) is 11.5 Å². The van der Waals surface area contributed by atoms with Gasteiger partial charge in [-0.1, -0.05) is 5.16 Å². The largest absolute Gasteiger partial charge is 0.461 e. The first kappa shape index (κ1) is 19.5. The van der Waals surface area contributed by atoms with E-state index in [1.165, 1.54) is 12.3 Å². The number of furan rings is 1. The van der Waals surface area contributed by atoms with Crippen LogP contribution in [0.5, 0.6) is 0 Å². The van der Waals surface area contributed by atoms with Crippen LogP contribution in [0, 0.1) is 0 Å². The molecule has 0 aromatic carbocycles. The molecular formula is C20H23N7O4. The van der Waals surface area contributed by atoms with E-state index in [-0.39, 0.29) is 18.1 Å². The minimum Gasteiger partial charge on any atom is -0.461 e. The normalized spacial score (nSPS) is 16.6. The lowest BCUT2D eigenvalue weighted by atomic mass is 10.3. The third-order valence-corrected chi connectivity index (χ3v) is 5.25. The first-order valence-corrected chi connectivity index (χ1v) is 10.4. The van der Waals surface area contributed by atoms with Gasteiger partial charge in [0.25, 0.3) is 5.91 Å². The highest BCUT2D eigenvalue weighted by atomic mass is 16.5. The Balaban J connectivity index is 1.31. The van der Waals surface area contributed by atoms with Gasteiger partial charge in [-0.25, -0.2) is 0 Å². The van der Waals surface area contributed by atoms with E-state index in [9.17, 15) is 4.79 Å². The van der Waals surface area contributed by atoms with Crippen LogP contribution in [0.4, 0.5) is 11.9 Å². The Morgan fingerprint density at radius 2 is 1.74 bits per heavy atom. The highest BCUT2D eigenvalue weighted by Crippen LogP contribution is 2.21. The average Bonchev–Trinajstić information content (AvgIpc) is 3.59. The van der Waals surface area contributed by atoms with Crippen LogP contribution in [0.15, 0.2) is 33.4 Å². The van der Waals surface area contributed by atoms with Crippen molar-refractivity contribution in [2.24, 2.45) is 0 Å². The Hall–Kier alpha value is -3.47. The van der Waals surface area contributed by atoms with Gasteiger partial charge in [0.05, 0.1) is 26.0 Å². The Kier molecular flexibility index (Phi) is 5.48. The molecule has 0 bridgehead atoms. The van der Waals surface area contributed by atoms with Crippen molar-refractivity contribution in [2.45, 2.75) is 19.4 Å². The number of aromatic nitrogens is 4. The van der Waals surface area contributed by atoms with Crippen LogP contribution in [0.3, 0.4) is 0 Å². The van der Waals surface area contributed by atoms with E-state index >= 15 is 0 Å². The summed E-state index contributed by atoms with van der Waals surface area (Å²) in [5.41, 5.74) is 0.161. The lowest BCUT2D eigenvalue weighted by Crippen LogP contribution is -2.38. The summed E-state index contributed by atoms with van der Waals surface area (Å²) in [5, 5.41) is 6.64. The van der Waals surface area contributed by atoms with Gasteiger partial charge < -0.3 is 28.8 Å². The Bertz CT molecular complexity index is 1020. The molecular weight excluding hydrogens is 402 g/mol. The molecule has 1 amide bonds. The first-order valence-electron chi connectivity index (χ1n) is 10.4. The molecule has 2 fully saturated rings. The molecule has 0 spiro atoms. The van der Waals surface area contributed by atoms with E-state index in [0.717, 1.165) is 39.0 Å². The molecule has 0 unspecified atom stereocenters. The zero-order valence-corrected chi connectivity index (χ0v) is 17.0. The van der Waals surface area contributed by atoms with E-state index in [1.54, 1.807) is 12.1 Å². The Labute approximate surface area is 178 Å². The van der Waals surface area contributed by atoms with E-state index in [2.05, 4.69) is 35.2 Å². The van der Waals surface area contributed by atoms with E-state index in [4.69, 9.17) is 13.7 Å². The molecule has 0 saturated carbocycles. The zero-order chi connectivity index (χ0) is 21.0. The maximum atomic E-state index is 12.6. The van der Waals surface area contributed by atoms with Crippen LogP contribution < -0.4 is 15.1 Å². The van der Waals surface area contributed by atoms with Gasteiger partial charge >= 0.3 is 0 Å². The van der Waals surface area contributed by atoms with Crippen molar-refractivity contribution < 1.29 is 18.5 Å². The summed E-state index contributed by atoms with van der Waals surface area (Å²) in [4.78, 5) is 30.7. The molecule has 1 N–H and O–H groups in total. The Morgan fingerprint density at radius 3 is 2.45 bits per heavy atom. The predicted molar refractivity (Wildman–Crippen MR) is 110 cm³/mol. The highest BCUT2D eigenvalue weighted by molar-refractivity contribution is 5.92. The van der Waals surface area contributed by atoms with E-state index < -0.39 is 0 Å². The standard InChI is InChI=1S/C20H23N7O4/c28-18(14-12-16(31-25-14)15-4-3-9-30-15)21-13-17-22-19(26-5-1-2-6-26)24-20(23-17)27-7-10-29-11-8-27/h3-4,9,12H,1-2,5-8,10-11,13H2,(H,21,28). The van der Waals surface area contributed by atoms with Gasteiger partial charge in [0.2, 0.25) is 17.7 Å². The number of ether oxygens (including phenoxy) is 1. The molecule has 3 aromatic rings. The van der Waals surface area contributed by atoms with Gasteiger partial charge in [-0.05, 0) is 25.0 Å². The van der Waals surface area contributed by atoms with E-state index in [1.807, 2.05) is 0 Å². The van der Waals surface area contributed by atoms with Crippen LogP contribution in [0.1, 0.15) is 29.2 Å². The number of hydrogen-bond acceptors (Lipinski definition) is 10. The smallest absolute Gasteiger partial charge is 0.273 e. The summed E-state index contributed by atoms with van der Waals surface area (Å²) in [5.74, 6) is 2.29. The van der Waals surface area contributed by atoms with Crippen molar-refractivity contribution >= 4 is 17.8 Å². The minimum atomic E-state index is -0.377. The van der Waals surface area contributed by atoms with Gasteiger partial charge in [0.15, 0.2) is 17.3 Å². The monoisotopic (exact) mass is 425 g/mol.